The summed E-state index contributed by atoms with van der Waals surface area (Å²) >= 11 is 0. The van der Waals surface area contributed by atoms with Gasteiger partial charge in [-0.25, -0.2) is 4.79 Å². The zero-order valence-electron chi connectivity index (χ0n) is 18.3. The molecule has 0 aromatic heterocycles. The summed E-state index contributed by atoms with van der Waals surface area (Å²) in [4.78, 5) is 16.3. The number of allylic oxidation sites excluding steroid dienone is 5. The van der Waals surface area contributed by atoms with E-state index in [4.69, 9.17) is 0 Å². The minimum absolute atomic E-state index is 0.332. The summed E-state index contributed by atoms with van der Waals surface area (Å²) < 4.78 is 4.65. The first kappa shape index (κ1) is 21.8. The number of methoxy groups -OCH3 is 1. The first-order valence-corrected chi connectivity index (χ1v) is 10.0. The van der Waals surface area contributed by atoms with Crippen LogP contribution in [-0.4, -0.2) is 38.3 Å². The van der Waals surface area contributed by atoms with Crippen molar-refractivity contribution in [1.82, 2.24) is 0 Å². The van der Waals surface area contributed by atoms with Crippen LogP contribution >= 0.6 is 0 Å². The second-order valence-corrected chi connectivity index (χ2v) is 7.90. The van der Waals surface area contributed by atoms with Gasteiger partial charge in [-0.15, -0.1) is 0 Å². The van der Waals surface area contributed by atoms with E-state index < -0.39 is 0 Å². The Morgan fingerprint density at radius 3 is 2.21 bits per heavy atom. The van der Waals surface area contributed by atoms with Gasteiger partial charge in [0.2, 0.25) is 0 Å². The highest BCUT2D eigenvalue weighted by Gasteiger charge is 2.25. The summed E-state index contributed by atoms with van der Waals surface area (Å²) in [7, 11) is 1.39. The first-order valence-electron chi connectivity index (χ1n) is 10.0. The number of carbonyl (C=O) groups is 1. The van der Waals surface area contributed by atoms with E-state index in [1.54, 1.807) is 0 Å². The van der Waals surface area contributed by atoms with Gasteiger partial charge in [-0.1, -0.05) is 24.3 Å². The van der Waals surface area contributed by atoms with Gasteiger partial charge in [-0.3, -0.25) is 0 Å². The Balaban J connectivity index is 2.31. The molecule has 0 fully saturated rings. The van der Waals surface area contributed by atoms with Crippen molar-refractivity contribution < 1.29 is 9.53 Å². The SMILES string of the molecule is COC(=O)/C=C(C)/C=C/C=C(\C)c1ccc2c(c1)N(C(C)C)CCN2C(C)C. The largest absolute Gasteiger partial charge is 0.466 e. The molecular weight excluding hydrogens is 348 g/mol. The lowest BCUT2D eigenvalue weighted by Gasteiger charge is -2.43. The Labute approximate surface area is 170 Å². The molecule has 28 heavy (non-hydrogen) atoms. The van der Waals surface area contributed by atoms with Crippen LogP contribution in [0.25, 0.3) is 5.57 Å². The fraction of sp³-hybridized carbons (Fsp3) is 0.458. The van der Waals surface area contributed by atoms with Crippen LogP contribution in [0.1, 0.15) is 47.1 Å². The fourth-order valence-corrected chi connectivity index (χ4v) is 3.50. The van der Waals surface area contributed by atoms with Crippen molar-refractivity contribution in [3.05, 3.63) is 53.6 Å². The topological polar surface area (TPSA) is 32.8 Å². The number of anilines is 2. The normalized spacial score (nSPS) is 15.6. The second kappa shape index (κ2) is 9.63. The first-order chi connectivity index (χ1) is 13.2. The smallest absolute Gasteiger partial charge is 0.330 e. The molecule has 0 bridgehead atoms. The molecule has 0 saturated carbocycles. The lowest BCUT2D eigenvalue weighted by Crippen LogP contribution is -2.46. The van der Waals surface area contributed by atoms with Crippen molar-refractivity contribution in [2.75, 3.05) is 30.0 Å². The van der Waals surface area contributed by atoms with Gasteiger partial charge in [0.05, 0.1) is 18.5 Å². The molecule has 2 rings (SSSR count). The van der Waals surface area contributed by atoms with Crippen molar-refractivity contribution in [2.24, 2.45) is 0 Å². The number of hydrogen-bond acceptors (Lipinski definition) is 4. The third kappa shape index (κ3) is 5.28. The molecule has 1 aliphatic rings. The highest BCUT2D eigenvalue weighted by Crippen LogP contribution is 2.37. The van der Waals surface area contributed by atoms with Crippen LogP contribution in [0.5, 0.6) is 0 Å². The zero-order valence-corrected chi connectivity index (χ0v) is 18.3. The number of rotatable bonds is 6. The van der Waals surface area contributed by atoms with Gasteiger partial charge in [0.25, 0.3) is 0 Å². The molecule has 0 spiro atoms. The highest BCUT2D eigenvalue weighted by atomic mass is 16.5. The number of nitrogens with zero attached hydrogens (tertiary/aromatic N) is 2. The van der Waals surface area contributed by atoms with Crippen molar-refractivity contribution in [3.63, 3.8) is 0 Å². The van der Waals surface area contributed by atoms with Gasteiger partial charge in [-0.05, 0) is 70.4 Å². The Hall–Kier alpha value is -2.49. The maximum Gasteiger partial charge on any atom is 0.330 e. The highest BCUT2D eigenvalue weighted by molar-refractivity contribution is 5.83. The Morgan fingerprint density at radius 2 is 1.64 bits per heavy atom. The average Bonchev–Trinajstić information content (AvgIpc) is 2.65. The van der Waals surface area contributed by atoms with Crippen LogP contribution in [0, 0.1) is 0 Å². The third-order valence-corrected chi connectivity index (χ3v) is 5.13. The van der Waals surface area contributed by atoms with Gasteiger partial charge in [-0.2, -0.15) is 0 Å². The second-order valence-electron chi connectivity index (χ2n) is 7.90. The van der Waals surface area contributed by atoms with E-state index in [1.165, 1.54) is 35.7 Å². The molecule has 0 unspecified atom stereocenters. The molecule has 4 nitrogen and oxygen atoms in total. The summed E-state index contributed by atoms with van der Waals surface area (Å²) in [5, 5.41) is 0. The van der Waals surface area contributed by atoms with E-state index in [0.717, 1.165) is 18.7 Å². The lowest BCUT2D eigenvalue weighted by atomic mass is 10.0. The van der Waals surface area contributed by atoms with Crippen LogP contribution in [-0.2, 0) is 9.53 Å². The lowest BCUT2D eigenvalue weighted by molar-refractivity contribution is -0.134. The molecule has 0 saturated heterocycles. The van der Waals surface area contributed by atoms with Gasteiger partial charge in [0, 0.05) is 31.2 Å². The zero-order chi connectivity index (χ0) is 20.8. The molecular formula is C24H34N2O2. The van der Waals surface area contributed by atoms with E-state index in [1.807, 2.05) is 19.1 Å². The van der Waals surface area contributed by atoms with E-state index in [2.05, 4.69) is 73.4 Å². The molecule has 0 radical (unpaired) electrons. The molecule has 152 valence electrons. The number of ether oxygens (including phenoxy) is 1. The predicted molar refractivity (Wildman–Crippen MR) is 120 cm³/mol. The molecule has 4 heteroatoms. The molecule has 1 aromatic rings. The van der Waals surface area contributed by atoms with Gasteiger partial charge >= 0.3 is 5.97 Å². The van der Waals surface area contributed by atoms with Crippen molar-refractivity contribution >= 4 is 22.9 Å². The summed E-state index contributed by atoms with van der Waals surface area (Å²) in [5.41, 5.74) is 5.90. The van der Waals surface area contributed by atoms with Gasteiger partial charge < -0.3 is 14.5 Å². The van der Waals surface area contributed by atoms with Crippen LogP contribution < -0.4 is 9.80 Å². The van der Waals surface area contributed by atoms with Crippen LogP contribution in [0.4, 0.5) is 11.4 Å². The Kier molecular flexibility index (Phi) is 7.50. The van der Waals surface area contributed by atoms with Crippen LogP contribution in [0.3, 0.4) is 0 Å². The Bertz CT molecular complexity index is 788. The third-order valence-electron chi connectivity index (χ3n) is 5.13. The molecule has 0 atom stereocenters. The van der Waals surface area contributed by atoms with E-state index in [-0.39, 0.29) is 5.97 Å². The van der Waals surface area contributed by atoms with Crippen LogP contribution in [0.15, 0.2) is 48.1 Å². The van der Waals surface area contributed by atoms with Gasteiger partial charge in [0.1, 0.15) is 0 Å². The molecule has 0 N–H and O–H groups in total. The summed E-state index contributed by atoms with van der Waals surface area (Å²) in [6.07, 6.45) is 7.46. The maximum atomic E-state index is 11.3. The van der Waals surface area contributed by atoms with E-state index in [0.29, 0.717) is 12.1 Å². The number of benzene rings is 1. The summed E-state index contributed by atoms with van der Waals surface area (Å²) in [6.45, 7) is 15.1. The molecule has 1 aliphatic heterocycles. The predicted octanol–water partition coefficient (Wildman–Crippen LogP) is 5.21. The molecule has 1 aromatic carbocycles. The van der Waals surface area contributed by atoms with Gasteiger partial charge in [0.15, 0.2) is 0 Å². The van der Waals surface area contributed by atoms with Crippen LogP contribution in [0.2, 0.25) is 0 Å². The average molecular weight is 383 g/mol. The summed E-state index contributed by atoms with van der Waals surface area (Å²) in [5.74, 6) is -0.332. The van der Waals surface area contributed by atoms with E-state index in [9.17, 15) is 4.79 Å². The summed E-state index contributed by atoms with van der Waals surface area (Å²) in [6, 6.07) is 7.72. The minimum atomic E-state index is -0.332. The number of hydrogen-bond donors (Lipinski definition) is 0. The van der Waals surface area contributed by atoms with Crippen molar-refractivity contribution in [3.8, 4) is 0 Å². The number of carbonyl (C=O) groups excluding carboxylic acids is 1. The van der Waals surface area contributed by atoms with Crippen molar-refractivity contribution in [2.45, 2.75) is 53.6 Å². The number of esters is 1. The Morgan fingerprint density at radius 1 is 1.04 bits per heavy atom. The monoisotopic (exact) mass is 382 g/mol. The van der Waals surface area contributed by atoms with E-state index >= 15 is 0 Å². The number of fused-ring (bicyclic) bond motifs is 1. The maximum absolute atomic E-state index is 11.3. The van der Waals surface area contributed by atoms with Crippen molar-refractivity contribution in [1.29, 1.82) is 0 Å². The fourth-order valence-electron chi connectivity index (χ4n) is 3.50. The molecule has 0 amide bonds. The standard InChI is InChI=1S/C24H34N2O2/c1-17(2)25-13-14-26(18(3)4)23-16-21(11-12-22(23)25)20(6)10-8-9-19(5)15-24(27)28-7/h8-12,15-18H,13-14H2,1-7H3/b9-8+,19-15+,20-10+. The quantitative estimate of drug-likeness (QED) is 0.384. The molecule has 0 aliphatic carbocycles. The molecule has 1 heterocycles. The minimum Gasteiger partial charge on any atom is -0.466 e.